The van der Waals surface area contributed by atoms with Crippen LogP contribution < -0.4 is 4.90 Å². The van der Waals surface area contributed by atoms with E-state index in [2.05, 4.69) is 11.1 Å². The summed E-state index contributed by atoms with van der Waals surface area (Å²) in [6.45, 7) is 0.296. The average Bonchev–Trinajstić information content (AvgIpc) is 3.01. The minimum Gasteiger partial charge on any atom is -0.396 e. The van der Waals surface area contributed by atoms with Gasteiger partial charge in [0.25, 0.3) is 0 Å². The molecule has 1 heterocycles. The van der Waals surface area contributed by atoms with Gasteiger partial charge in [-0.25, -0.2) is 13.7 Å². The Kier molecular flexibility index (Phi) is 6.26. The molecule has 1 saturated heterocycles. The second-order valence-electron chi connectivity index (χ2n) is 8.49. The highest BCUT2D eigenvalue weighted by molar-refractivity contribution is 6.22. The van der Waals surface area contributed by atoms with E-state index in [0.29, 0.717) is 44.1 Å². The number of imide groups is 1. The first kappa shape index (κ1) is 22.4. The molecule has 1 aliphatic heterocycles. The van der Waals surface area contributed by atoms with Crippen LogP contribution in [0.4, 0.5) is 14.5 Å². The minimum atomic E-state index is -1.25. The van der Waals surface area contributed by atoms with Crippen molar-refractivity contribution in [2.75, 3.05) is 11.5 Å². The standard InChI is InChI=1S/C23H24F2N2O5/c1-2-3-4-9-32-26-16-11-18(28)21(29)19-13(16)6-7-14-20(19)23(31)27(22(14)30)17-8-5-12(24)10-15(17)25/h1,5,8,10,13-14,18-21,28-29H,3-4,6-7,9,11H2/t13-,14-,18-,19-,20-,21+/m1/s1. The smallest absolute Gasteiger partial charge is 0.238 e. The Morgan fingerprint density at radius 2 is 1.94 bits per heavy atom. The van der Waals surface area contributed by atoms with Gasteiger partial charge >= 0.3 is 0 Å². The van der Waals surface area contributed by atoms with Gasteiger partial charge in [-0.15, -0.1) is 12.3 Å². The predicted molar refractivity (Wildman–Crippen MR) is 110 cm³/mol. The Morgan fingerprint density at radius 1 is 1.19 bits per heavy atom. The van der Waals surface area contributed by atoms with Crippen LogP contribution in [-0.4, -0.2) is 46.6 Å². The number of amides is 2. The summed E-state index contributed by atoms with van der Waals surface area (Å²) in [6, 6.07) is 2.64. The maximum Gasteiger partial charge on any atom is 0.238 e. The van der Waals surface area contributed by atoms with Gasteiger partial charge in [0.05, 0.1) is 35.4 Å². The molecule has 2 amide bonds. The van der Waals surface area contributed by atoms with E-state index in [4.69, 9.17) is 11.3 Å². The first-order valence-electron chi connectivity index (χ1n) is 10.7. The van der Waals surface area contributed by atoms with Gasteiger partial charge in [-0.1, -0.05) is 5.16 Å². The fourth-order valence-corrected chi connectivity index (χ4v) is 5.24. The van der Waals surface area contributed by atoms with Gasteiger partial charge in [-0.05, 0) is 31.4 Å². The third-order valence-corrected chi connectivity index (χ3v) is 6.67. The number of terminal acetylenes is 1. The number of aliphatic hydroxyl groups excluding tert-OH is 2. The summed E-state index contributed by atoms with van der Waals surface area (Å²) in [5.74, 6) is -3.42. The number of halogens is 2. The molecule has 3 aliphatic rings. The number of benzene rings is 1. The van der Waals surface area contributed by atoms with Crippen molar-refractivity contribution in [1.29, 1.82) is 0 Å². The molecule has 32 heavy (non-hydrogen) atoms. The van der Waals surface area contributed by atoms with Gasteiger partial charge < -0.3 is 15.1 Å². The summed E-state index contributed by atoms with van der Waals surface area (Å²) in [4.78, 5) is 32.4. The van der Waals surface area contributed by atoms with E-state index < -0.39 is 53.4 Å². The Balaban J connectivity index is 1.62. The number of hydrogen-bond donors (Lipinski definition) is 2. The number of anilines is 1. The van der Waals surface area contributed by atoms with Crippen LogP contribution in [0.1, 0.15) is 32.1 Å². The molecule has 2 N–H and O–H groups in total. The molecule has 7 nitrogen and oxygen atoms in total. The Hall–Kier alpha value is -2.83. The number of hydrogen-bond acceptors (Lipinski definition) is 6. The maximum absolute atomic E-state index is 14.4. The quantitative estimate of drug-likeness (QED) is 0.312. The lowest BCUT2D eigenvalue weighted by molar-refractivity contribution is -0.132. The third-order valence-electron chi connectivity index (χ3n) is 6.67. The van der Waals surface area contributed by atoms with Crippen LogP contribution in [0, 0.1) is 47.6 Å². The van der Waals surface area contributed by atoms with Gasteiger partial charge in [-0.2, -0.15) is 0 Å². The van der Waals surface area contributed by atoms with Gasteiger partial charge in [0, 0.05) is 30.7 Å². The number of fused-ring (bicyclic) bond motifs is 3. The summed E-state index contributed by atoms with van der Waals surface area (Å²) >= 11 is 0. The Labute approximate surface area is 184 Å². The molecule has 0 radical (unpaired) electrons. The van der Waals surface area contributed by atoms with E-state index >= 15 is 0 Å². The lowest BCUT2D eigenvalue weighted by Gasteiger charge is -2.45. The molecule has 0 bridgehead atoms. The lowest BCUT2D eigenvalue weighted by atomic mass is 9.60. The number of aliphatic hydroxyl groups is 2. The van der Waals surface area contributed by atoms with Gasteiger partial charge in [-0.3, -0.25) is 9.59 Å². The van der Waals surface area contributed by atoms with Crippen molar-refractivity contribution >= 4 is 23.2 Å². The number of oxime groups is 1. The summed E-state index contributed by atoms with van der Waals surface area (Å²) in [6.07, 6.45) is 4.83. The molecule has 3 fully saturated rings. The number of rotatable bonds is 5. The van der Waals surface area contributed by atoms with Crippen LogP contribution in [-0.2, 0) is 14.4 Å². The van der Waals surface area contributed by atoms with E-state index in [9.17, 15) is 28.6 Å². The monoisotopic (exact) mass is 446 g/mol. The molecule has 6 atom stereocenters. The van der Waals surface area contributed by atoms with Crippen LogP contribution >= 0.6 is 0 Å². The summed E-state index contributed by atoms with van der Waals surface area (Å²) in [7, 11) is 0. The van der Waals surface area contributed by atoms with E-state index in [-0.39, 0.29) is 18.0 Å². The van der Waals surface area contributed by atoms with Gasteiger partial charge in [0.2, 0.25) is 11.8 Å². The van der Waals surface area contributed by atoms with E-state index in [1.165, 1.54) is 0 Å². The zero-order chi connectivity index (χ0) is 23.0. The summed E-state index contributed by atoms with van der Waals surface area (Å²) < 4.78 is 27.7. The van der Waals surface area contributed by atoms with Gasteiger partial charge in [0.15, 0.2) is 0 Å². The SMILES string of the molecule is C#CCCCON=C1C[C@@H](O)[C@H](O)[C@H]2[C@@H]3C(=O)N(c4ccc(F)cc4F)C(=O)[C@@H]3CC[C@H]12. The van der Waals surface area contributed by atoms with Crippen molar-refractivity contribution in [3.63, 3.8) is 0 Å². The molecule has 0 aromatic heterocycles. The zero-order valence-electron chi connectivity index (χ0n) is 17.3. The molecular formula is C23H24F2N2O5. The second kappa shape index (κ2) is 8.96. The minimum absolute atomic E-state index is 0.0906. The van der Waals surface area contributed by atoms with Crippen molar-refractivity contribution in [2.24, 2.45) is 28.8 Å². The van der Waals surface area contributed by atoms with Crippen LogP contribution in [0.5, 0.6) is 0 Å². The third kappa shape index (κ3) is 3.78. The van der Waals surface area contributed by atoms with Crippen LogP contribution in [0.2, 0.25) is 0 Å². The summed E-state index contributed by atoms with van der Waals surface area (Å²) in [5.41, 5.74) is 0.211. The van der Waals surface area contributed by atoms with Crippen molar-refractivity contribution in [3.8, 4) is 12.3 Å². The van der Waals surface area contributed by atoms with Crippen molar-refractivity contribution in [3.05, 3.63) is 29.8 Å². The fourth-order valence-electron chi connectivity index (χ4n) is 5.24. The number of unbranched alkanes of at least 4 members (excludes halogenated alkanes) is 1. The van der Waals surface area contributed by atoms with E-state index in [1.54, 1.807) is 0 Å². The topological polar surface area (TPSA) is 99.4 Å². The molecule has 9 heteroatoms. The molecule has 0 unspecified atom stereocenters. The van der Waals surface area contributed by atoms with E-state index in [0.717, 1.165) is 17.0 Å². The fraction of sp³-hybridized carbons (Fsp3) is 0.522. The first-order chi connectivity index (χ1) is 15.3. The molecule has 170 valence electrons. The van der Waals surface area contributed by atoms with Gasteiger partial charge in [0.1, 0.15) is 18.2 Å². The Morgan fingerprint density at radius 3 is 2.66 bits per heavy atom. The van der Waals surface area contributed by atoms with Crippen molar-refractivity contribution < 1.29 is 33.4 Å². The molecular weight excluding hydrogens is 422 g/mol. The normalized spacial score (nSPS) is 33.1. The van der Waals surface area contributed by atoms with E-state index in [1.807, 2.05) is 0 Å². The lowest BCUT2D eigenvalue weighted by Crippen LogP contribution is -2.54. The van der Waals surface area contributed by atoms with Crippen molar-refractivity contribution in [2.45, 2.75) is 44.3 Å². The number of carbonyl (C=O) groups is 2. The number of nitrogens with zero attached hydrogens (tertiary/aromatic N) is 2. The predicted octanol–water partition coefficient (Wildman–Crippen LogP) is 2.01. The van der Waals surface area contributed by atoms with Crippen molar-refractivity contribution in [1.82, 2.24) is 0 Å². The zero-order valence-corrected chi connectivity index (χ0v) is 17.3. The highest BCUT2D eigenvalue weighted by Gasteiger charge is 2.60. The molecule has 2 aliphatic carbocycles. The second-order valence-corrected chi connectivity index (χ2v) is 8.49. The first-order valence-corrected chi connectivity index (χ1v) is 10.7. The van der Waals surface area contributed by atoms with Crippen LogP contribution in [0.25, 0.3) is 0 Å². The highest BCUT2D eigenvalue weighted by atomic mass is 19.1. The maximum atomic E-state index is 14.4. The molecule has 2 saturated carbocycles. The number of carbonyl (C=O) groups excluding carboxylic acids is 2. The molecule has 1 aromatic carbocycles. The summed E-state index contributed by atoms with van der Waals surface area (Å²) in [5, 5.41) is 25.3. The van der Waals surface area contributed by atoms with Crippen LogP contribution in [0.15, 0.2) is 23.4 Å². The molecule has 4 rings (SSSR count). The molecule has 1 aromatic rings. The largest absolute Gasteiger partial charge is 0.396 e. The Bertz CT molecular complexity index is 991. The highest BCUT2D eigenvalue weighted by Crippen LogP contribution is 2.50. The average molecular weight is 446 g/mol. The van der Waals surface area contributed by atoms with Crippen LogP contribution in [0.3, 0.4) is 0 Å². The molecule has 0 spiro atoms.